The van der Waals surface area contributed by atoms with Crippen molar-refractivity contribution < 1.29 is 5.11 Å². The number of nitrogens with zero attached hydrogens (tertiary/aromatic N) is 3. The summed E-state index contributed by atoms with van der Waals surface area (Å²) in [7, 11) is 0. The van der Waals surface area contributed by atoms with Crippen molar-refractivity contribution >= 4 is 15.9 Å². The zero-order chi connectivity index (χ0) is 15.0. The Balaban J connectivity index is 1.83. The van der Waals surface area contributed by atoms with E-state index >= 15 is 0 Å². The van der Waals surface area contributed by atoms with Crippen molar-refractivity contribution in [1.82, 2.24) is 14.8 Å². The molecule has 112 valence electrons. The summed E-state index contributed by atoms with van der Waals surface area (Å²) in [4.78, 5) is 4.33. The summed E-state index contributed by atoms with van der Waals surface area (Å²) >= 11 is 3.51. The number of aryl methyl sites for hydroxylation is 1. The van der Waals surface area contributed by atoms with E-state index < -0.39 is 5.60 Å². The van der Waals surface area contributed by atoms with E-state index in [4.69, 9.17) is 0 Å². The van der Waals surface area contributed by atoms with Gasteiger partial charge < -0.3 is 5.11 Å². The lowest BCUT2D eigenvalue weighted by molar-refractivity contribution is 0.0236. The number of hydrogen-bond donors (Lipinski definition) is 1. The number of halogens is 1. The quantitative estimate of drug-likeness (QED) is 0.926. The minimum atomic E-state index is -0.722. The molecular weight excluding hydrogens is 330 g/mol. The fraction of sp³-hybridized carbons (Fsp3) is 0.500. The standard InChI is InChI=1S/C16H20BrN3O/c1-11(2)20-15(18-10-19-20)9-16(21)6-5-12-7-14(17)4-3-13(12)8-16/h3-4,7,10-11,21H,5-6,8-9H2,1-2H3. The molecule has 0 saturated heterocycles. The number of rotatable bonds is 3. The Bertz CT molecular complexity index is 653. The first-order valence-corrected chi connectivity index (χ1v) is 8.14. The van der Waals surface area contributed by atoms with Crippen LogP contribution in [0.1, 0.15) is 43.3 Å². The smallest absolute Gasteiger partial charge is 0.138 e. The minimum absolute atomic E-state index is 0.262. The molecule has 1 N–H and O–H groups in total. The zero-order valence-electron chi connectivity index (χ0n) is 12.4. The van der Waals surface area contributed by atoms with Crippen LogP contribution in [0.15, 0.2) is 29.0 Å². The van der Waals surface area contributed by atoms with E-state index in [1.54, 1.807) is 6.33 Å². The lowest BCUT2D eigenvalue weighted by Gasteiger charge is -2.33. The molecule has 3 rings (SSSR count). The molecule has 1 unspecified atom stereocenters. The van der Waals surface area contributed by atoms with Crippen LogP contribution in [0.25, 0.3) is 0 Å². The molecule has 21 heavy (non-hydrogen) atoms. The number of hydrogen-bond acceptors (Lipinski definition) is 3. The third-order valence-electron chi connectivity index (χ3n) is 4.17. The van der Waals surface area contributed by atoms with E-state index in [-0.39, 0.29) is 6.04 Å². The Labute approximate surface area is 133 Å². The highest BCUT2D eigenvalue weighted by molar-refractivity contribution is 9.10. The van der Waals surface area contributed by atoms with Gasteiger partial charge in [-0.25, -0.2) is 9.67 Å². The summed E-state index contributed by atoms with van der Waals surface area (Å²) < 4.78 is 3.00. The maximum absolute atomic E-state index is 11.0. The van der Waals surface area contributed by atoms with Crippen LogP contribution in [-0.2, 0) is 19.3 Å². The Morgan fingerprint density at radius 3 is 2.95 bits per heavy atom. The van der Waals surface area contributed by atoms with Crippen molar-refractivity contribution in [3.05, 3.63) is 46.0 Å². The SMILES string of the molecule is CC(C)n1ncnc1CC1(O)CCc2cc(Br)ccc2C1. The molecule has 0 spiro atoms. The first-order chi connectivity index (χ1) is 9.97. The monoisotopic (exact) mass is 349 g/mol. The molecule has 0 bridgehead atoms. The van der Waals surface area contributed by atoms with Crippen LogP contribution in [0.2, 0.25) is 0 Å². The molecule has 2 aromatic rings. The molecule has 4 nitrogen and oxygen atoms in total. The van der Waals surface area contributed by atoms with E-state index in [0.717, 1.165) is 23.1 Å². The molecule has 1 aromatic heterocycles. The Morgan fingerprint density at radius 1 is 1.38 bits per heavy atom. The summed E-state index contributed by atoms with van der Waals surface area (Å²) in [5.74, 6) is 0.869. The van der Waals surface area contributed by atoms with Crippen molar-refractivity contribution in [2.45, 2.75) is 51.2 Å². The van der Waals surface area contributed by atoms with E-state index in [9.17, 15) is 5.11 Å². The van der Waals surface area contributed by atoms with E-state index in [0.29, 0.717) is 12.8 Å². The van der Waals surface area contributed by atoms with Crippen molar-refractivity contribution in [2.75, 3.05) is 0 Å². The predicted octanol–water partition coefficient (Wildman–Crippen LogP) is 3.08. The van der Waals surface area contributed by atoms with Gasteiger partial charge in [-0.15, -0.1) is 0 Å². The van der Waals surface area contributed by atoms with E-state index in [2.05, 4.69) is 52.0 Å². The summed E-state index contributed by atoms with van der Waals surface area (Å²) in [5.41, 5.74) is 1.85. The number of fused-ring (bicyclic) bond motifs is 1. The lowest BCUT2D eigenvalue weighted by atomic mass is 9.78. The fourth-order valence-corrected chi connectivity index (χ4v) is 3.50. The number of aliphatic hydroxyl groups is 1. The van der Waals surface area contributed by atoms with Crippen LogP contribution in [0.4, 0.5) is 0 Å². The highest BCUT2D eigenvalue weighted by Crippen LogP contribution is 2.32. The van der Waals surface area contributed by atoms with Crippen molar-refractivity contribution in [2.24, 2.45) is 0 Å². The van der Waals surface area contributed by atoms with Gasteiger partial charge in [0, 0.05) is 23.4 Å². The average molecular weight is 350 g/mol. The van der Waals surface area contributed by atoms with E-state index in [1.807, 2.05) is 10.7 Å². The summed E-state index contributed by atoms with van der Waals surface area (Å²) in [6, 6.07) is 6.57. The van der Waals surface area contributed by atoms with Crippen molar-refractivity contribution in [1.29, 1.82) is 0 Å². The summed E-state index contributed by atoms with van der Waals surface area (Å²) in [6.07, 6.45) is 4.48. The highest BCUT2D eigenvalue weighted by atomic mass is 79.9. The maximum Gasteiger partial charge on any atom is 0.138 e. The molecule has 1 aliphatic carbocycles. The summed E-state index contributed by atoms with van der Waals surface area (Å²) in [6.45, 7) is 4.16. The molecule has 0 saturated carbocycles. The van der Waals surface area contributed by atoms with Gasteiger partial charge in [-0.05, 0) is 49.9 Å². The van der Waals surface area contributed by atoms with Crippen molar-refractivity contribution in [3.63, 3.8) is 0 Å². The van der Waals surface area contributed by atoms with Gasteiger partial charge in [-0.3, -0.25) is 0 Å². The molecule has 1 aromatic carbocycles. The lowest BCUT2D eigenvalue weighted by Crippen LogP contribution is -2.39. The van der Waals surface area contributed by atoms with Gasteiger partial charge in [0.1, 0.15) is 12.2 Å². The third-order valence-corrected chi connectivity index (χ3v) is 4.66. The van der Waals surface area contributed by atoms with Crippen molar-refractivity contribution in [3.8, 4) is 0 Å². The van der Waals surface area contributed by atoms with Crippen LogP contribution in [0.5, 0.6) is 0 Å². The fourth-order valence-electron chi connectivity index (χ4n) is 3.09. The van der Waals surface area contributed by atoms with Gasteiger partial charge >= 0.3 is 0 Å². The van der Waals surface area contributed by atoms with Crippen LogP contribution in [-0.4, -0.2) is 25.5 Å². The third kappa shape index (κ3) is 3.04. The highest BCUT2D eigenvalue weighted by Gasteiger charge is 2.34. The molecule has 1 atom stereocenters. The molecule has 0 radical (unpaired) electrons. The normalized spacial score (nSPS) is 21.6. The van der Waals surface area contributed by atoms with Gasteiger partial charge in [-0.1, -0.05) is 22.0 Å². The second-order valence-corrected chi connectivity index (χ2v) is 7.12. The molecule has 1 aliphatic rings. The van der Waals surface area contributed by atoms with Gasteiger partial charge in [0.15, 0.2) is 0 Å². The average Bonchev–Trinajstić information content (AvgIpc) is 2.87. The van der Waals surface area contributed by atoms with Gasteiger partial charge in [-0.2, -0.15) is 5.10 Å². The first-order valence-electron chi connectivity index (χ1n) is 7.35. The second kappa shape index (κ2) is 5.54. The number of aromatic nitrogens is 3. The topological polar surface area (TPSA) is 50.9 Å². The number of benzene rings is 1. The largest absolute Gasteiger partial charge is 0.389 e. The zero-order valence-corrected chi connectivity index (χ0v) is 14.0. The first kappa shape index (κ1) is 14.7. The molecule has 1 heterocycles. The molecular formula is C16H20BrN3O. The van der Waals surface area contributed by atoms with Crippen LogP contribution in [0.3, 0.4) is 0 Å². The van der Waals surface area contributed by atoms with Crippen LogP contribution >= 0.6 is 15.9 Å². The Kier molecular flexibility index (Phi) is 3.88. The molecule has 0 aliphatic heterocycles. The molecule has 0 amide bonds. The molecule has 5 heteroatoms. The van der Waals surface area contributed by atoms with E-state index in [1.165, 1.54) is 11.1 Å². The minimum Gasteiger partial charge on any atom is -0.389 e. The van der Waals surface area contributed by atoms with Gasteiger partial charge in [0.25, 0.3) is 0 Å². The summed E-state index contributed by atoms with van der Waals surface area (Å²) in [5, 5.41) is 15.2. The van der Waals surface area contributed by atoms with Gasteiger partial charge in [0.05, 0.1) is 5.60 Å². The van der Waals surface area contributed by atoms with Crippen LogP contribution in [0, 0.1) is 0 Å². The Hall–Kier alpha value is -1.20. The predicted molar refractivity (Wildman–Crippen MR) is 85.2 cm³/mol. The molecule has 0 fully saturated rings. The maximum atomic E-state index is 11.0. The Morgan fingerprint density at radius 2 is 2.19 bits per heavy atom. The second-order valence-electron chi connectivity index (χ2n) is 6.21. The van der Waals surface area contributed by atoms with Crippen LogP contribution < -0.4 is 0 Å². The van der Waals surface area contributed by atoms with Gasteiger partial charge in [0.2, 0.25) is 0 Å².